The first-order chi connectivity index (χ1) is 17.7. The second-order valence-electron chi connectivity index (χ2n) is 10.4. The second kappa shape index (κ2) is 10.3. The highest BCUT2D eigenvalue weighted by atomic mass is 16.5. The van der Waals surface area contributed by atoms with Crippen LogP contribution in [-0.4, -0.2) is 51.7 Å². The van der Waals surface area contributed by atoms with Gasteiger partial charge in [-0.25, -0.2) is 14.8 Å². The molecule has 3 saturated heterocycles. The number of hydrogen-bond donors (Lipinski definition) is 1. The van der Waals surface area contributed by atoms with Gasteiger partial charge < -0.3 is 4.74 Å². The Morgan fingerprint density at radius 2 is 1.78 bits per heavy atom. The molecule has 1 aromatic carbocycles. The molecule has 4 atom stereocenters. The molecule has 36 heavy (non-hydrogen) atoms. The van der Waals surface area contributed by atoms with Crippen molar-refractivity contribution in [2.24, 2.45) is 5.92 Å². The molecule has 1 amide bonds. The predicted molar refractivity (Wildman–Crippen MR) is 139 cm³/mol. The van der Waals surface area contributed by atoms with Crippen molar-refractivity contribution in [1.29, 1.82) is 0 Å². The number of carbonyl (C=O) groups is 1. The van der Waals surface area contributed by atoms with Gasteiger partial charge in [0, 0.05) is 59.5 Å². The van der Waals surface area contributed by atoms with Gasteiger partial charge in [-0.05, 0) is 68.5 Å². The lowest BCUT2D eigenvalue weighted by Gasteiger charge is -2.49. The average Bonchev–Trinajstić information content (AvgIpc) is 3.48. The smallest absolute Gasteiger partial charge is 0.411 e. The van der Waals surface area contributed by atoms with Gasteiger partial charge in [0.15, 0.2) is 5.82 Å². The Hall–Kier alpha value is -3.32. The number of para-hydroxylation sites is 1. The molecule has 4 aliphatic rings. The van der Waals surface area contributed by atoms with E-state index in [-0.39, 0.29) is 12.1 Å². The molecule has 2 bridgehead atoms. The third-order valence-electron chi connectivity index (χ3n) is 8.16. The van der Waals surface area contributed by atoms with Gasteiger partial charge in [-0.3, -0.25) is 15.2 Å². The van der Waals surface area contributed by atoms with Crippen molar-refractivity contribution in [3.05, 3.63) is 72.3 Å². The Bertz CT molecular complexity index is 1180. The zero-order valence-electron chi connectivity index (χ0n) is 20.6. The van der Waals surface area contributed by atoms with Crippen LogP contribution in [0.5, 0.6) is 0 Å². The standard InChI is InChI=1S/C29H33N5O2/c35-29(31-23-8-2-1-3-9-23)36-19-24-16-22-12-15-34(24)18-25(22)27-17-26(20-6-4-5-7-20)32-28(33-27)21-10-13-30-14-11-21/h1-3,8-11,13-14,17,20,22,24-25H,4-7,12,15-16,18-19H2,(H,31,35)/t22-,24+,25-/m0/s1. The summed E-state index contributed by atoms with van der Waals surface area (Å²) in [5.41, 5.74) is 4.16. The number of ether oxygens (including phenoxy) is 1. The molecule has 0 spiro atoms. The molecule has 7 rings (SSSR count). The Labute approximate surface area is 212 Å². The summed E-state index contributed by atoms with van der Waals surface area (Å²) in [6.07, 6.45) is 10.4. The first-order valence-electron chi connectivity index (χ1n) is 13.2. The van der Waals surface area contributed by atoms with Crippen LogP contribution in [0.2, 0.25) is 0 Å². The van der Waals surface area contributed by atoms with Crippen LogP contribution in [0.3, 0.4) is 0 Å². The van der Waals surface area contributed by atoms with Crippen LogP contribution < -0.4 is 5.32 Å². The van der Waals surface area contributed by atoms with E-state index >= 15 is 0 Å². The fourth-order valence-electron chi connectivity index (χ4n) is 6.23. The van der Waals surface area contributed by atoms with Crippen LogP contribution in [0.4, 0.5) is 10.5 Å². The molecule has 7 heteroatoms. The second-order valence-corrected chi connectivity index (χ2v) is 10.4. The third kappa shape index (κ3) is 4.98. The van der Waals surface area contributed by atoms with Gasteiger partial charge in [0.2, 0.25) is 0 Å². The van der Waals surface area contributed by atoms with E-state index in [1.807, 2.05) is 54.9 Å². The summed E-state index contributed by atoms with van der Waals surface area (Å²) in [6.45, 7) is 2.42. The van der Waals surface area contributed by atoms with Crippen LogP contribution >= 0.6 is 0 Å². The van der Waals surface area contributed by atoms with Gasteiger partial charge in [0.1, 0.15) is 6.61 Å². The number of carbonyl (C=O) groups excluding carboxylic acids is 1. The van der Waals surface area contributed by atoms with E-state index in [9.17, 15) is 4.79 Å². The number of nitrogens with one attached hydrogen (secondary N) is 1. The maximum atomic E-state index is 12.3. The van der Waals surface area contributed by atoms with Crippen LogP contribution in [-0.2, 0) is 4.74 Å². The topological polar surface area (TPSA) is 80.2 Å². The molecule has 5 heterocycles. The monoisotopic (exact) mass is 483 g/mol. The fourth-order valence-corrected chi connectivity index (χ4v) is 6.23. The van der Waals surface area contributed by atoms with Crippen molar-refractivity contribution >= 4 is 11.8 Å². The maximum absolute atomic E-state index is 12.3. The molecular weight excluding hydrogens is 450 g/mol. The lowest BCUT2D eigenvalue weighted by atomic mass is 9.74. The average molecular weight is 484 g/mol. The van der Waals surface area contributed by atoms with E-state index in [0.29, 0.717) is 24.4 Å². The number of amides is 1. The first kappa shape index (κ1) is 23.1. The van der Waals surface area contributed by atoms with Crippen molar-refractivity contribution < 1.29 is 9.53 Å². The molecule has 1 N–H and O–H groups in total. The van der Waals surface area contributed by atoms with Crippen molar-refractivity contribution in [2.75, 3.05) is 25.0 Å². The van der Waals surface area contributed by atoms with Gasteiger partial charge in [0.25, 0.3) is 0 Å². The number of pyridine rings is 1. The summed E-state index contributed by atoms with van der Waals surface area (Å²) in [5.74, 6) is 2.29. The minimum absolute atomic E-state index is 0.261. The molecule has 1 unspecified atom stereocenters. The van der Waals surface area contributed by atoms with Crippen LogP contribution in [0, 0.1) is 5.92 Å². The van der Waals surface area contributed by atoms with E-state index in [1.165, 1.54) is 37.1 Å². The van der Waals surface area contributed by atoms with Crippen molar-refractivity contribution in [3.8, 4) is 11.4 Å². The summed E-state index contributed by atoms with van der Waals surface area (Å²) in [6, 6.07) is 16.0. The van der Waals surface area contributed by atoms with Gasteiger partial charge >= 0.3 is 6.09 Å². The zero-order chi connectivity index (χ0) is 24.3. The molecule has 4 fully saturated rings. The number of hydrogen-bond acceptors (Lipinski definition) is 6. The van der Waals surface area contributed by atoms with Crippen LogP contribution in [0.25, 0.3) is 11.4 Å². The molecular formula is C29H33N5O2. The van der Waals surface area contributed by atoms with Crippen molar-refractivity contribution in [1.82, 2.24) is 19.9 Å². The van der Waals surface area contributed by atoms with Gasteiger partial charge in [-0.1, -0.05) is 31.0 Å². The lowest BCUT2D eigenvalue weighted by molar-refractivity contribution is -0.00149. The molecule has 7 nitrogen and oxygen atoms in total. The zero-order valence-corrected chi connectivity index (χ0v) is 20.6. The summed E-state index contributed by atoms with van der Waals surface area (Å²) >= 11 is 0. The predicted octanol–water partition coefficient (Wildman–Crippen LogP) is 5.62. The number of fused-ring (bicyclic) bond motifs is 3. The van der Waals surface area contributed by atoms with Crippen molar-refractivity contribution in [2.45, 2.75) is 56.4 Å². The number of benzene rings is 1. The summed E-state index contributed by atoms with van der Waals surface area (Å²) in [7, 11) is 0. The Balaban J connectivity index is 1.17. The maximum Gasteiger partial charge on any atom is 0.411 e. The fraction of sp³-hybridized carbons (Fsp3) is 0.448. The minimum Gasteiger partial charge on any atom is -0.448 e. The highest BCUT2D eigenvalue weighted by Gasteiger charge is 2.42. The van der Waals surface area contributed by atoms with E-state index in [0.717, 1.165) is 43.0 Å². The molecule has 0 radical (unpaired) electrons. The third-order valence-corrected chi connectivity index (χ3v) is 8.16. The highest BCUT2D eigenvalue weighted by molar-refractivity contribution is 5.84. The Morgan fingerprint density at radius 1 is 1.00 bits per heavy atom. The van der Waals surface area contributed by atoms with E-state index in [1.54, 1.807) is 0 Å². The molecule has 3 aromatic rings. The molecule has 3 aliphatic heterocycles. The Morgan fingerprint density at radius 3 is 2.53 bits per heavy atom. The number of aromatic nitrogens is 3. The van der Waals surface area contributed by atoms with Gasteiger partial charge in [-0.2, -0.15) is 0 Å². The van der Waals surface area contributed by atoms with Gasteiger partial charge in [0.05, 0.1) is 0 Å². The SMILES string of the molecule is O=C(Nc1ccccc1)OC[C@H]1C[C@@H]2CCN1C[C@@H]2c1cc(C2CCCC2)nc(-c2ccncc2)n1. The molecule has 186 valence electrons. The number of piperidine rings is 3. The normalized spacial score (nSPS) is 25.6. The van der Waals surface area contributed by atoms with E-state index < -0.39 is 0 Å². The quantitative estimate of drug-likeness (QED) is 0.490. The van der Waals surface area contributed by atoms with Gasteiger partial charge in [-0.15, -0.1) is 0 Å². The number of anilines is 1. The molecule has 1 saturated carbocycles. The summed E-state index contributed by atoms with van der Waals surface area (Å²) in [4.78, 5) is 29.1. The summed E-state index contributed by atoms with van der Waals surface area (Å²) in [5, 5.41) is 2.81. The highest BCUT2D eigenvalue weighted by Crippen LogP contribution is 2.43. The summed E-state index contributed by atoms with van der Waals surface area (Å²) < 4.78 is 5.62. The first-order valence-corrected chi connectivity index (χ1v) is 13.2. The largest absolute Gasteiger partial charge is 0.448 e. The lowest BCUT2D eigenvalue weighted by Crippen LogP contribution is -2.54. The minimum atomic E-state index is -0.389. The molecule has 2 aromatic heterocycles. The number of rotatable bonds is 6. The van der Waals surface area contributed by atoms with Crippen LogP contribution in [0.15, 0.2) is 60.9 Å². The van der Waals surface area contributed by atoms with Crippen molar-refractivity contribution in [3.63, 3.8) is 0 Å². The van der Waals surface area contributed by atoms with E-state index in [2.05, 4.69) is 21.3 Å². The Kier molecular flexibility index (Phi) is 6.64. The van der Waals surface area contributed by atoms with E-state index in [4.69, 9.17) is 14.7 Å². The van der Waals surface area contributed by atoms with Crippen LogP contribution in [0.1, 0.15) is 61.7 Å². The number of nitrogens with zero attached hydrogens (tertiary/aromatic N) is 4. The molecule has 1 aliphatic carbocycles.